The molecule has 0 atom stereocenters. The first-order chi connectivity index (χ1) is 9.88. The summed E-state index contributed by atoms with van der Waals surface area (Å²) in [6, 6.07) is 5.97. The smallest absolute Gasteiger partial charge is 0.338 e. The van der Waals surface area contributed by atoms with Gasteiger partial charge in [0.05, 0.1) is 11.1 Å². The van der Waals surface area contributed by atoms with E-state index in [0.717, 1.165) is 12.1 Å². The highest BCUT2D eigenvalue weighted by molar-refractivity contribution is 6.35. The minimum absolute atomic E-state index is 0.0591. The number of amides is 1. The molecule has 1 amide bonds. The Hall–Kier alpha value is -2.18. The van der Waals surface area contributed by atoms with E-state index in [0.29, 0.717) is 0 Å². The van der Waals surface area contributed by atoms with Crippen molar-refractivity contribution in [2.24, 2.45) is 0 Å². The molecule has 0 aliphatic rings. The van der Waals surface area contributed by atoms with Crippen LogP contribution in [0.15, 0.2) is 30.3 Å². The van der Waals surface area contributed by atoms with Gasteiger partial charge in [-0.25, -0.2) is 14.2 Å². The number of hydrogen-bond donors (Lipinski definition) is 2. The zero-order valence-electron chi connectivity index (χ0n) is 10.2. The fourth-order valence-electron chi connectivity index (χ4n) is 1.55. The van der Waals surface area contributed by atoms with E-state index in [2.05, 4.69) is 10.3 Å². The first kappa shape index (κ1) is 15.2. The maximum atomic E-state index is 13.5. The third-order valence-electron chi connectivity index (χ3n) is 2.52. The minimum atomic E-state index is -1.39. The van der Waals surface area contributed by atoms with E-state index in [1.807, 2.05) is 0 Å². The van der Waals surface area contributed by atoms with Crippen LogP contribution in [0.4, 0.5) is 10.1 Å². The second-order valence-corrected chi connectivity index (χ2v) is 4.67. The van der Waals surface area contributed by atoms with Crippen LogP contribution in [0.5, 0.6) is 0 Å². The molecule has 0 unspecified atom stereocenters. The number of anilines is 1. The second-order valence-electron chi connectivity index (χ2n) is 3.93. The quantitative estimate of drug-likeness (QED) is 0.845. The molecule has 1 aromatic heterocycles. The molecule has 8 heteroatoms. The SMILES string of the molecule is O=C(O)c1ccc(NC(=O)c2ccc(Cl)nc2Cl)cc1F. The monoisotopic (exact) mass is 328 g/mol. The second kappa shape index (κ2) is 6.07. The number of aromatic nitrogens is 1. The summed E-state index contributed by atoms with van der Waals surface area (Å²) in [6.07, 6.45) is 0. The number of nitrogens with zero attached hydrogens (tertiary/aromatic N) is 1. The number of pyridine rings is 1. The van der Waals surface area contributed by atoms with Gasteiger partial charge in [0.15, 0.2) is 0 Å². The molecule has 2 rings (SSSR count). The number of halogens is 3. The number of carbonyl (C=O) groups excluding carboxylic acids is 1. The van der Waals surface area contributed by atoms with Crippen molar-refractivity contribution >= 4 is 40.8 Å². The number of carboxylic acids is 1. The zero-order valence-corrected chi connectivity index (χ0v) is 11.7. The Morgan fingerprint density at radius 3 is 2.38 bits per heavy atom. The maximum Gasteiger partial charge on any atom is 0.338 e. The van der Waals surface area contributed by atoms with Gasteiger partial charge < -0.3 is 10.4 Å². The van der Waals surface area contributed by atoms with E-state index in [4.69, 9.17) is 28.3 Å². The normalized spacial score (nSPS) is 10.2. The van der Waals surface area contributed by atoms with E-state index in [1.54, 1.807) is 0 Å². The molecule has 0 radical (unpaired) electrons. The lowest BCUT2D eigenvalue weighted by Crippen LogP contribution is -2.13. The van der Waals surface area contributed by atoms with Crippen LogP contribution in [0, 0.1) is 5.82 Å². The summed E-state index contributed by atoms with van der Waals surface area (Å²) in [4.78, 5) is 26.4. The van der Waals surface area contributed by atoms with Gasteiger partial charge in [0.25, 0.3) is 5.91 Å². The lowest BCUT2D eigenvalue weighted by atomic mass is 10.2. The number of nitrogens with one attached hydrogen (secondary N) is 1. The Bertz CT molecular complexity index is 737. The van der Waals surface area contributed by atoms with Crippen molar-refractivity contribution in [3.63, 3.8) is 0 Å². The Kier molecular flexibility index (Phi) is 4.40. The molecule has 0 aliphatic carbocycles. The van der Waals surface area contributed by atoms with Crippen LogP contribution in [-0.4, -0.2) is 22.0 Å². The fraction of sp³-hybridized carbons (Fsp3) is 0. The molecular formula is C13H7Cl2FN2O3. The van der Waals surface area contributed by atoms with Gasteiger partial charge in [-0.2, -0.15) is 0 Å². The van der Waals surface area contributed by atoms with E-state index >= 15 is 0 Å². The maximum absolute atomic E-state index is 13.5. The van der Waals surface area contributed by atoms with Gasteiger partial charge in [-0.3, -0.25) is 4.79 Å². The first-order valence-electron chi connectivity index (χ1n) is 5.54. The largest absolute Gasteiger partial charge is 0.478 e. The third kappa shape index (κ3) is 3.48. The van der Waals surface area contributed by atoms with Crippen LogP contribution >= 0.6 is 23.2 Å². The molecule has 2 N–H and O–H groups in total. The van der Waals surface area contributed by atoms with Crippen LogP contribution in [0.3, 0.4) is 0 Å². The molecule has 108 valence electrons. The highest BCUT2D eigenvalue weighted by Gasteiger charge is 2.15. The summed E-state index contributed by atoms with van der Waals surface area (Å²) in [5.74, 6) is -2.97. The first-order valence-corrected chi connectivity index (χ1v) is 6.30. The molecule has 0 bridgehead atoms. The van der Waals surface area contributed by atoms with Crippen LogP contribution in [0.25, 0.3) is 0 Å². The van der Waals surface area contributed by atoms with E-state index < -0.39 is 23.3 Å². The average Bonchev–Trinajstić information content (AvgIpc) is 2.37. The molecule has 1 aromatic carbocycles. The van der Waals surface area contributed by atoms with Crippen molar-refractivity contribution in [1.82, 2.24) is 4.98 Å². The summed E-state index contributed by atoms with van der Waals surface area (Å²) in [7, 11) is 0. The molecule has 2 aromatic rings. The van der Waals surface area contributed by atoms with Crippen molar-refractivity contribution in [1.29, 1.82) is 0 Å². The predicted octanol–water partition coefficient (Wildman–Crippen LogP) is 3.48. The molecule has 21 heavy (non-hydrogen) atoms. The fourth-order valence-corrected chi connectivity index (χ4v) is 1.98. The average molecular weight is 329 g/mol. The molecule has 1 heterocycles. The van der Waals surface area contributed by atoms with Gasteiger partial charge in [0.2, 0.25) is 0 Å². The Morgan fingerprint density at radius 2 is 1.81 bits per heavy atom. The van der Waals surface area contributed by atoms with Gasteiger partial charge in [-0.1, -0.05) is 23.2 Å². The molecule has 0 spiro atoms. The Labute approximate surface area is 128 Å². The number of carboxylic acid groups (broad SMARTS) is 1. The van der Waals surface area contributed by atoms with E-state index in [9.17, 15) is 14.0 Å². The van der Waals surface area contributed by atoms with Gasteiger partial charge in [-0.05, 0) is 30.3 Å². The number of carbonyl (C=O) groups is 2. The van der Waals surface area contributed by atoms with Crippen LogP contribution in [0.1, 0.15) is 20.7 Å². The van der Waals surface area contributed by atoms with Gasteiger partial charge in [0.1, 0.15) is 16.1 Å². The minimum Gasteiger partial charge on any atom is -0.478 e. The van der Waals surface area contributed by atoms with Crippen LogP contribution < -0.4 is 5.32 Å². The molecule has 0 aliphatic heterocycles. The highest BCUT2D eigenvalue weighted by atomic mass is 35.5. The van der Waals surface area contributed by atoms with Crippen molar-refractivity contribution < 1.29 is 19.1 Å². The summed E-state index contributed by atoms with van der Waals surface area (Å²) in [5.41, 5.74) is -0.337. The number of hydrogen-bond acceptors (Lipinski definition) is 3. The molecule has 0 fully saturated rings. The summed E-state index contributed by atoms with van der Waals surface area (Å²) in [6.45, 7) is 0. The lowest BCUT2D eigenvalue weighted by Gasteiger charge is -2.07. The van der Waals surface area contributed by atoms with Crippen LogP contribution in [0.2, 0.25) is 10.3 Å². The van der Waals surface area contributed by atoms with Gasteiger partial charge in [-0.15, -0.1) is 0 Å². The zero-order chi connectivity index (χ0) is 15.6. The number of rotatable bonds is 3. The molecule has 0 saturated carbocycles. The Balaban J connectivity index is 2.23. The van der Waals surface area contributed by atoms with Crippen molar-refractivity contribution in [3.8, 4) is 0 Å². The van der Waals surface area contributed by atoms with Crippen molar-refractivity contribution in [3.05, 3.63) is 57.6 Å². The van der Waals surface area contributed by atoms with Crippen molar-refractivity contribution in [2.45, 2.75) is 0 Å². The third-order valence-corrected chi connectivity index (χ3v) is 3.02. The highest BCUT2D eigenvalue weighted by Crippen LogP contribution is 2.19. The number of benzene rings is 1. The van der Waals surface area contributed by atoms with Crippen molar-refractivity contribution in [2.75, 3.05) is 5.32 Å². The molecule has 5 nitrogen and oxygen atoms in total. The van der Waals surface area contributed by atoms with Gasteiger partial charge >= 0.3 is 5.97 Å². The lowest BCUT2D eigenvalue weighted by molar-refractivity contribution is 0.0692. The van der Waals surface area contributed by atoms with E-state index in [-0.39, 0.29) is 21.6 Å². The topological polar surface area (TPSA) is 79.3 Å². The van der Waals surface area contributed by atoms with Gasteiger partial charge in [0, 0.05) is 5.69 Å². The van der Waals surface area contributed by atoms with E-state index in [1.165, 1.54) is 18.2 Å². The number of aromatic carboxylic acids is 1. The molecule has 0 saturated heterocycles. The summed E-state index contributed by atoms with van der Waals surface area (Å²) < 4.78 is 13.5. The Morgan fingerprint density at radius 1 is 1.14 bits per heavy atom. The summed E-state index contributed by atoms with van der Waals surface area (Å²) >= 11 is 11.4. The van der Waals surface area contributed by atoms with Crippen LogP contribution in [-0.2, 0) is 0 Å². The standard InChI is InChI=1S/C13H7Cl2FN2O3/c14-10-4-3-8(11(15)18-10)12(19)17-6-1-2-7(13(20)21)9(16)5-6/h1-5H,(H,17,19)(H,20,21). The predicted molar refractivity (Wildman–Crippen MR) is 75.6 cm³/mol. The molecular weight excluding hydrogens is 322 g/mol. The summed E-state index contributed by atoms with van der Waals surface area (Å²) in [5, 5.41) is 11.1.